The number of carbonyl (C=O) groups excluding carboxylic acids is 5. The van der Waals surface area contributed by atoms with Gasteiger partial charge in [-0.3, -0.25) is 28.5 Å². The van der Waals surface area contributed by atoms with Gasteiger partial charge >= 0.3 is 19.8 Å². The second-order valence-corrected chi connectivity index (χ2v) is 37.0. The van der Waals surface area contributed by atoms with Crippen molar-refractivity contribution in [3.63, 3.8) is 0 Å². The summed E-state index contributed by atoms with van der Waals surface area (Å²) in [6.07, 6.45) is 49.0. The Bertz CT molecular complexity index is 2460. The topological polar surface area (TPSA) is 344 Å². The van der Waals surface area contributed by atoms with Gasteiger partial charge in [-0.1, -0.05) is 402 Å². The first-order valence-electron chi connectivity index (χ1n) is 50.3. The number of aliphatic hydroxyl groups excluding tert-OH is 6. The molecule has 0 aliphatic carbocycles. The van der Waals surface area contributed by atoms with Crippen LogP contribution in [0.25, 0.3) is 0 Å². The number of hydrogen-bond donors (Lipinski definition) is 10. The first-order valence-corrected chi connectivity index (χ1v) is 51.9. The Morgan fingerprint density at radius 2 is 0.669 bits per heavy atom. The summed E-state index contributed by atoms with van der Waals surface area (Å²) in [4.78, 5) is 92.2. The van der Waals surface area contributed by atoms with Gasteiger partial charge in [0.1, 0.15) is 36.5 Å². The lowest BCUT2D eigenvalue weighted by atomic mass is 9.99. The summed E-state index contributed by atoms with van der Waals surface area (Å²) >= 11 is 0. The molecule has 0 saturated heterocycles. The van der Waals surface area contributed by atoms with Crippen LogP contribution in [0.1, 0.15) is 492 Å². The van der Waals surface area contributed by atoms with Crippen LogP contribution in [0.4, 0.5) is 0 Å². The van der Waals surface area contributed by atoms with E-state index in [0.717, 1.165) is 193 Å². The molecular weight excluding hydrogens is 1560 g/mol. The average Bonchev–Trinajstić information content (AvgIpc) is 0.835. The van der Waals surface area contributed by atoms with E-state index in [1.165, 1.54) is 147 Å². The fourth-order valence-electron chi connectivity index (χ4n) is 15.8. The number of ketones is 1. The highest BCUT2D eigenvalue weighted by Gasteiger charge is 2.40. The minimum absolute atomic E-state index is 0.146. The van der Waals surface area contributed by atoms with Gasteiger partial charge in [0.2, 0.25) is 11.8 Å². The zero-order valence-electron chi connectivity index (χ0n) is 78.6. The molecule has 10 N–H and O–H groups in total. The van der Waals surface area contributed by atoms with Crippen molar-refractivity contribution in [2.24, 2.45) is 5.92 Å². The fourth-order valence-corrected chi connectivity index (χ4v) is 16.3. The molecule has 2 amide bonds. The fraction of sp³-hybridized carbons (Fsp3) is 0.929. The van der Waals surface area contributed by atoms with E-state index in [1.807, 2.05) is 0 Å². The number of Topliss-reactive ketones (excluding diaryl/α,β-unsaturated/α-hetero) is 1. The van der Waals surface area contributed by atoms with Gasteiger partial charge in [-0.15, -0.1) is 0 Å². The molecule has 0 spiro atoms. The van der Waals surface area contributed by atoms with E-state index in [0.29, 0.717) is 57.8 Å². The molecule has 0 radical (unpaired) electrons. The number of phosphoric ester groups is 1. The molecule has 0 aliphatic heterocycles. The van der Waals surface area contributed by atoms with Crippen LogP contribution in [0.15, 0.2) is 11.8 Å². The maximum absolute atomic E-state index is 14.6. The zero-order chi connectivity index (χ0) is 89.5. The highest BCUT2D eigenvalue weighted by Crippen LogP contribution is 2.39. The summed E-state index contributed by atoms with van der Waals surface area (Å²) in [5, 5.41) is 75.2. The number of esters is 2. The number of hydrogen-bond acceptors (Lipinski definition) is 18. The molecule has 11 atom stereocenters. The average molecular weight is 1750 g/mol. The maximum Gasteiger partial charge on any atom is 0.472 e. The number of aliphatic hydroxyl groups is 6. The monoisotopic (exact) mass is 1750 g/mol. The van der Waals surface area contributed by atoms with Crippen LogP contribution in [0.5, 0.6) is 0 Å². The summed E-state index contributed by atoms with van der Waals surface area (Å²) in [6.45, 7) is 14.0. The van der Waals surface area contributed by atoms with E-state index in [9.17, 15) is 69.0 Å². The van der Waals surface area contributed by atoms with Gasteiger partial charge in [-0.2, -0.15) is 0 Å². The van der Waals surface area contributed by atoms with Crippen molar-refractivity contribution in [1.82, 2.24) is 10.6 Å². The normalized spacial score (nSPS) is 14.9. The van der Waals surface area contributed by atoms with Crippen LogP contribution in [-0.4, -0.2) is 157 Å². The summed E-state index contributed by atoms with van der Waals surface area (Å²) in [5.41, 5.74) is 0. The van der Waals surface area contributed by atoms with Crippen LogP contribution in [0.3, 0.4) is 0 Å². The Hall–Kier alpha value is -3.12. The third-order valence-electron chi connectivity index (χ3n) is 23.6. The summed E-state index contributed by atoms with van der Waals surface area (Å²) in [7, 11) is -5.70. The van der Waals surface area contributed by atoms with Crippen molar-refractivity contribution < 1.29 is 97.2 Å². The third kappa shape index (κ3) is 73.5. The van der Waals surface area contributed by atoms with Crippen LogP contribution in [0, 0.1) is 5.92 Å². The maximum atomic E-state index is 14.6. The highest BCUT2D eigenvalue weighted by molar-refractivity contribution is 7.46. The Morgan fingerprint density at radius 3 is 1.00 bits per heavy atom. The van der Waals surface area contributed by atoms with Crippen molar-refractivity contribution in [2.45, 2.75) is 559 Å². The number of carbonyl (C=O) groups is 5. The van der Waals surface area contributed by atoms with E-state index in [1.54, 1.807) is 13.8 Å². The number of rotatable bonds is 93. The molecule has 121 heavy (non-hydrogen) atoms. The second-order valence-electron chi connectivity index (χ2n) is 35.8. The van der Waals surface area contributed by atoms with Crippen molar-refractivity contribution in [2.75, 3.05) is 19.8 Å². The number of ether oxygens (including phenoxy) is 5. The lowest BCUT2D eigenvalue weighted by Crippen LogP contribution is -2.53. The van der Waals surface area contributed by atoms with Crippen molar-refractivity contribution in [3.8, 4) is 0 Å². The van der Waals surface area contributed by atoms with Gasteiger partial charge in [0.05, 0.1) is 56.7 Å². The SMILES string of the molecule is CCCCCCCCCCCCCCCC(=O)OC(CCCCCCCCCCC)CC(=O)N[C@@H](CO)C(OC(COC(OC(CO)C(C)C)[C@H](/C=C(/O)CC(CCCCCCCCCCC)OC(=O)CCCCCCCCCCC)NC(=O)CC(O)CCCCCCCCCCC)C(O)C(=O)CC(O)CCCCCCCCCCC)OP(=O)(O)O. The molecule has 9 unspecified atom stereocenters. The molecule has 23 heteroatoms. The largest absolute Gasteiger partial charge is 0.512 e. The van der Waals surface area contributed by atoms with E-state index in [2.05, 4.69) is 52.2 Å². The highest BCUT2D eigenvalue weighted by atomic mass is 31.2. The van der Waals surface area contributed by atoms with Gasteiger partial charge in [-0.05, 0) is 63.4 Å². The molecule has 0 bridgehead atoms. The molecular formula is C98H189N2O20P. The van der Waals surface area contributed by atoms with Gasteiger partial charge in [-0.25, -0.2) is 4.57 Å². The molecule has 0 aromatic heterocycles. The smallest absolute Gasteiger partial charge is 0.472 e. The van der Waals surface area contributed by atoms with Crippen LogP contribution in [-0.2, 0) is 56.7 Å². The Labute approximate surface area is 738 Å². The van der Waals surface area contributed by atoms with Gasteiger partial charge < -0.3 is 74.7 Å². The van der Waals surface area contributed by atoms with Crippen molar-refractivity contribution >= 4 is 37.4 Å². The van der Waals surface area contributed by atoms with Crippen LogP contribution in [0.2, 0.25) is 0 Å². The van der Waals surface area contributed by atoms with Gasteiger partial charge in [0.25, 0.3) is 0 Å². The molecule has 0 fully saturated rings. The molecule has 0 heterocycles. The van der Waals surface area contributed by atoms with Crippen LogP contribution < -0.4 is 10.6 Å². The van der Waals surface area contributed by atoms with Gasteiger partial charge in [0.15, 0.2) is 18.4 Å². The number of nitrogens with one attached hydrogen (secondary N) is 2. The molecule has 0 saturated carbocycles. The Morgan fingerprint density at radius 1 is 0.364 bits per heavy atom. The standard InChI is InChI=1S/C98H189N2O20P/c1-9-15-21-27-33-39-40-41-42-48-54-60-66-72-95(110)117-86(70-64-58-52-46-37-31-25-19-13-5)77-93(108)100-88(78-101)98(120-121(112,113)114)119-91(96(111)89(106)75-82(103)67-61-55-49-43-34-28-22-16-10-2)80-115-97(118-90(79-102)81(7)8)87(99-92(107)76-83(104)68-62-56-50-44-35-29-23-17-11-3)74-84(105)73-85(69-63-57-51-45-36-30-24-18-12-4)116-94(109)71-65-59-53-47-38-32-26-20-14-6/h74,81-83,85-88,90-91,96-98,101-105,111H,9-73,75-80H2,1-8H3,(H,99,107)(H,100,108)(H2,112,113,114)/b84-74+/t82?,83?,85?,86?,87-,88-,90?,91?,96?,97?,98?/m0/s1. The van der Waals surface area contributed by atoms with Crippen LogP contribution >= 0.6 is 7.82 Å². The van der Waals surface area contributed by atoms with Gasteiger partial charge in [0, 0.05) is 25.7 Å². The lowest BCUT2D eigenvalue weighted by Gasteiger charge is -2.35. The molecule has 0 aromatic rings. The quantitative estimate of drug-likeness (QED) is 0.00889. The molecule has 0 aliphatic rings. The lowest BCUT2D eigenvalue weighted by molar-refractivity contribution is -0.234. The predicted octanol–water partition coefficient (Wildman–Crippen LogP) is 23.7. The van der Waals surface area contributed by atoms with E-state index < -0.39 is 150 Å². The minimum Gasteiger partial charge on any atom is -0.512 e. The van der Waals surface area contributed by atoms with E-state index in [-0.39, 0.29) is 31.4 Å². The van der Waals surface area contributed by atoms with E-state index in [4.69, 9.17) is 28.2 Å². The molecule has 0 rings (SSSR count). The molecule has 716 valence electrons. The van der Waals surface area contributed by atoms with E-state index >= 15 is 0 Å². The first-order chi connectivity index (χ1) is 58.5. The minimum atomic E-state index is -5.70. The summed E-state index contributed by atoms with van der Waals surface area (Å²) in [5.74, 6) is -4.17. The summed E-state index contributed by atoms with van der Waals surface area (Å²) < 4.78 is 50.1. The Kier molecular flexibility index (Phi) is 81.6. The second kappa shape index (κ2) is 83.8. The van der Waals surface area contributed by atoms with Crippen molar-refractivity contribution in [3.05, 3.63) is 11.8 Å². The number of phosphoric acid groups is 1. The molecule has 0 aromatic carbocycles. The first kappa shape index (κ1) is 118. The number of unbranched alkanes of at least 4 members (excludes halogenated alkanes) is 52. The molecule has 22 nitrogen and oxygen atoms in total. The third-order valence-corrected chi connectivity index (χ3v) is 24.1. The zero-order valence-corrected chi connectivity index (χ0v) is 79.5. The Balaban J connectivity index is 7.92. The van der Waals surface area contributed by atoms with Crippen molar-refractivity contribution in [1.29, 1.82) is 0 Å². The number of amides is 2. The predicted molar refractivity (Wildman–Crippen MR) is 491 cm³/mol. The summed E-state index contributed by atoms with van der Waals surface area (Å²) in [6, 6.07) is -3.38.